The van der Waals surface area contributed by atoms with Crippen LogP contribution < -0.4 is 4.90 Å². The molecule has 0 aromatic carbocycles. The second-order valence-electron chi connectivity index (χ2n) is 9.92. The van der Waals surface area contributed by atoms with Crippen LogP contribution in [0.3, 0.4) is 0 Å². The van der Waals surface area contributed by atoms with Crippen molar-refractivity contribution >= 4 is 11.7 Å². The van der Waals surface area contributed by atoms with E-state index in [0.29, 0.717) is 23.3 Å². The summed E-state index contributed by atoms with van der Waals surface area (Å²) < 4.78 is 0. The number of carbonyl (C=O) groups is 1. The number of piperazine rings is 1. The summed E-state index contributed by atoms with van der Waals surface area (Å²) in [6.45, 7) is 4.19. The minimum Gasteiger partial charge on any atom is -0.352 e. The van der Waals surface area contributed by atoms with Gasteiger partial charge in [0, 0.05) is 42.6 Å². The number of aryl methyl sites for hydroxylation is 1. The maximum absolute atomic E-state index is 12.9. The maximum Gasteiger partial charge on any atom is 0.226 e. The molecule has 2 aromatic heterocycles. The van der Waals surface area contributed by atoms with Crippen LogP contribution in [0.1, 0.15) is 61.4 Å². The minimum atomic E-state index is 0.251. The lowest BCUT2D eigenvalue weighted by Gasteiger charge is -2.43. The van der Waals surface area contributed by atoms with Gasteiger partial charge in [0.1, 0.15) is 11.9 Å². The highest BCUT2D eigenvalue weighted by Crippen LogP contribution is 2.45. The van der Waals surface area contributed by atoms with E-state index in [9.17, 15) is 10.1 Å². The topological polar surface area (TPSA) is 86.0 Å². The highest BCUT2D eigenvalue weighted by atomic mass is 16.2. The number of aromatic nitrogens is 3. The van der Waals surface area contributed by atoms with Gasteiger partial charge in [0.05, 0.1) is 29.2 Å². The average molecular weight is 429 g/mol. The van der Waals surface area contributed by atoms with Crippen LogP contribution in [-0.4, -0.2) is 51.7 Å². The van der Waals surface area contributed by atoms with Crippen LogP contribution in [0.4, 0.5) is 5.82 Å². The van der Waals surface area contributed by atoms with E-state index >= 15 is 0 Å². The molecule has 4 aliphatic rings. The minimum absolute atomic E-state index is 0.251. The fraction of sp³-hybridized carbons (Fsp3) is 0.560. The van der Waals surface area contributed by atoms with E-state index in [-0.39, 0.29) is 12.0 Å². The first kappa shape index (κ1) is 19.7. The Morgan fingerprint density at radius 3 is 2.59 bits per heavy atom. The Labute approximate surface area is 188 Å². The number of nitriles is 1. The summed E-state index contributed by atoms with van der Waals surface area (Å²) in [6, 6.07) is 6.67. The third-order valence-corrected chi connectivity index (χ3v) is 7.30. The van der Waals surface area contributed by atoms with Gasteiger partial charge < -0.3 is 9.80 Å². The number of nitrogens with zero attached hydrogens (tertiary/aromatic N) is 6. The number of pyridine rings is 1. The van der Waals surface area contributed by atoms with Crippen LogP contribution in [0.15, 0.2) is 18.3 Å². The van der Waals surface area contributed by atoms with Gasteiger partial charge in [-0.25, -0.2) is 4.98 Å². The molecule has 4 fully saturated rings. The van der Waals surface area contributed by atoms with E-state index in [1.165, 1.54) is 12.8 Å². The third-order valence-electron chi connectivity index (χ3n) is 7.30. The normalized spacial score (nSPS) is 23.2. The highest BCUT2D eigenvalue weighted by molar-refractivity contribution is 5.82. The first-order chi connectivity index (χ1) is 15.6. The molecule has 1 aliphatic heterocycles. The van der Waals surface area contributed by atoms with Gasteiger partial charge in [-0.3, -0.25) is 4.79 Å². The van der Waals surface area contributed by atoms with E-state index in [0.717, 1.165) is 73.7 Å². The van der Waals surface area contributed by atoms with Crippen LogP contribution >= 0.6 is 0 Å². The molecule has 3 saturated carbocycles. The molecule has 1 saturated heterocycles. The molecule has 0 radical (unpaired) electrons. The lowest BCUT2D eigenvalue weighted by Crippen LogP contribution is -2.57. The Morgan fingerprint density at radius 2 is 1.94 bits per heavy atom. The molecule has 2 aromatic rings. The van der Waals surface area contributed by atoms with E-state index in [2.05, 4.69) is 26.1 Å². The van der Waals surface area contributed by atoms with Crippen molar-refractivity contribution in [3.8, 4) is 17.2 Å². The SMILES string of the molecule is Cc1cc(-c2cc(C#N)c(N3CCN(C(=O)C4CC4)[C@H](C4CC4)C3)nc2C2CC2)cnn1. The summed E-state index contributed by atoms with van der Waals surface area (Å²) >= 11 is 0. The zero-order chi connectivity index (χ0) is 21.8. The molecule has 0 N–H and O–H groups in total. The summed E-state index contributed by atoms with van der Waals surface area (Å²) in [4.78, 5) is 22.4. The Morgan fingerprint density at radius 1 is 1.12 bits per heavy atom. The molecular weight excluding hydrogens is 400 g/mol. The summed E-state index contributed by atoms with van der Waals surface area (Å²) in [5.41, 5.74) is 4.52. The molecule has 1 atom stereocenters. The predicted octanol–water partition coefficient (Wildman–Crippen LogP) is 3.43. The van der Waals surface area contributed by atoms with Crippen molar-refractivity contribution in [2.75, 3.05) is 24.5 Å². The van der Waals surface area contributed by atoms with Gasteiger partial charge in [0.2, 0.25) is 5.91 Å². The van der Waals surface area contributed by atoms with Gasteiger partial charge in [0.25, 0.3) is 0 Å². The van der Waals surface area contributed by atoms with Crippen LogP contribution in [0.2, 0.25) is 0 Å². The standard InChI is InChI=1S/C25H28N6O/c1-15-10-20(13-27-29-15)21-11-19(12-26)24(28-23(21)17-4-5-17)30-8-9-31(25(32)18-6-7-18)22(14-30)16-2-3-16/h10-11,13,16-18,22H,2-9,14H2,1H3/t22-/m0/s1. The molecule has 6 rings (SSSR count). The van der Waals surface area contributed by atoms with Crippen LogP contribution in [0.25, 0.3) is 11.1 Å². The molecule has 7 nitrogen and oxygen atoms in total. The molecule has 32 heavy (non-hydrogen) atoms. The van der Waals surface area contributed by atoms with Crippen molar-refractivity contribution in [3.05, 3.63) is 35.3 Å². The number of carbonyl (C=O) groups excluding carboxylic acids is 1. The molecule has 0 bridgehead atoms. The molecule has 3 aliphatic carbocycles. The number of hydrogen-bond donors (Lipinski definition) is 0. The van der Waals surface area contributed by atoms with Crippen molar-refractivity contribution in [2.45, 2.75) is 57.4 Å². The fourth-order valence-electron chi connectivity index (χ4n) is 5.09. The highest BCUT2D eigenvalue weighted by Gasteiger charge is 2.45. The number of hydrogen-bond acceptors (Lipinski definition) is 6. The van der Waals surface area contributed by atoms with Crippen molar-refractivity contribution in [1.82, 2.24) is 20.1 Å². The van der Waals surface area contributed by atoms with Gasteiger partial charge in [-0.2, -0.15) is 15.5 Å². The summed E-state index contributed by atoms with van der Waals surface area (Å²) in [6.07, 6.45) is 8.53. The molecule has 1 amide bonds. The molecule has 164 valence electrons. The molecule has 0 unspecified atom stereocenters. The number of rotatable bonds is 5. The van der Waals surface area contributed by atoms with E-state index in [4.69, 9.17) is 4.98 Å². The zero-order valence-corrected chi connectivity index (χ0v) is 18.5. The lowest BCUT2D eigenvalue weighted by molar-refractivity contribution is -0.135. The van der Waals surface area contributed by atoms with Gasteiger partial charge in [-0.1, -0.05) is 0 Å². The van der Waals surface area contributed by atoms with Crippen molar-refractivity contribution < 1.29 is 4.79 Å². The first-order valence-electron chi connectivity index (χ1n) is 11.9. The molecule has 7 heteroatoms. The molecular formula is C25H28N6O. The average Bonchev–Trinajstić information content (AvgIpc) is 3.66. The van der Waals surface area contributed by atoms with Crippen LogP contribution in [0, 0.1) is 30.1 Å². The van der Waals surface area contributed by atoms with Crippen molar-refractivity contribution in [2.24, 2.45) is 11.8 Å². The summed E-state index contributed by atoms with van der Waals surface area (Å²) in [5.74, 6) is 2.44. The van der Waals surface area contributed by atoms with E-state index in [1.54, 1.807) is 6.20 Å². The number of amides is 1. The second-order valence-corrected chi connectivity index (χ2v) is 9.92. The van der Waals surface area contributed by atoms with Gasteiger partial charge in [0.15, 0.2) is 0 Å². The zero-order valence-electron chi connectivity index (χ0n) is 18.5. The van der Waals surface area contributed by atoms with E-state index in [1.807, 2.05) is 19.1 Å². The number of anilines is 1. The first-order valence-corrected chi connectivity index (χ1v) is 11.9. The Kier molecular flexibility index (Phi) is 4.63. The lowest BCUT2D eigenvalue weighted by atomic mass is 9.99. The van der Waals surface area contributed by atoms with Crippen LogP contribution in [-0.2, 0) is 4.79 Å². The second kappa shape index (κ2) is 7.54. The fourth-order valence-corrected chi connectivity index (χ4v) is 5.09. The largest absolute Gasteiger partial charge is 0.352 e. The van der Waals surface area contributed by atoms with Crippen molar-refractivity contribution in [3.63, 3.8) is 0 Å². The quantitative estimate of drug-likeness (QED) is 0.725. The molecule has 3 heterocycles. The summed E-state index contributed by atoms with van der Waals surface area (Å²) in [7, 11) is 0. The van der Waals surface area contributed by atoms with Gasteiger partial charge in [-0.15, -0.1) is 0 Å². The summed E-state index contributed by atoms with van der Waals surface area (Å²) in [5, 5.41) is 18.2. The predicted molar refractivity (Wildman–Crippen MR) is 120 cm³/mol. The van der Waals surface area contributed by atoms with Crippen LogP contribution in [0.5, 0.6) is 0 Å². The Balaban J connectivity index is 1.35. The maximum atomic E-state index is 12.9. The van der Waals surface area contributed by atoms with Crippen molar-refractivity contribution in [1.29, 1.82) is 5.26 Å². The smallest absolute Gasteiger partial charge is 0.226 e. The van der Waals surface area contributed by atoms with Gasteiger partial charge >= 0.3 is 0 Å². The monoisotopic (exact) mass is 428 g/mol. The Bertz CT molecular complexity index is 1110. The van der Waals surface area contributed by atoms with E-state index < -0.39 is 0 Å². The third kappa shape index (κ3) is 3.62. The Hall–Kier alpha value is -3.01. The van der Waals surface area contributed by atoms with Gasteiger partial charge in [-0.05, 0) is 63.5 Å². The molecule has 0 spiro atoms.